The maximum atomic E-state index is 12.8. The lowest BCUT2D eigenvalue weighted by Gasteiger charge is -2.12. The van der Waals surface area contributed by atoms with Crippen LogP contribution in [0, 0.1) is 0 Å². The number of fused-ring (bicyclic) bond motifs is 1. The van der Waals surface area contributed by atoms with Crippen molar-refractivity contribution in [3.05, 3.63) is 54.1 Å². The lowest BCUT2D eigenvalue weighted by molar-refractivity contribution is 0.414. The average Bonchev–Trinajstić information content (AvgIpc) is 2.80. The molecule has 0 fully saturated rings. The second-order valence-corrected chi connectivity index (χ2v) is 9.16. The highest BCUT2D eigenvalue weighted by Crippen LogP contribution is 2.40. The Morgan fingerprint density at radius 1 is 1.05 bits per heavy atom. The summed E-state index contributed by atoms with van der Waals surface area (Å²) >= 11 is 0. The SMILES string of the molecule is COc1ccc(S(=O)(=O)C2CS(=O)(=O)c3ccccc32)cc1. The molecule has 1 aliphatic heterocycles. The van der Waals surface area contributed by atoms with Gasteiger partial charge in [0.05, 0.1) is 22.7 Å². The number of sulfone groups is 2. The molecule has 0 radical (unpaired) electrons. The number of hydrogen-bond donors (Lipinski definition) is 0. The highest BCUT2D eigenvalue weighted by molar-refractivity contribution is 7.96. The largest absolute Gasteiger partial charge is 0.497 e. The minimum Gasteiger partial charge on any atom is -0.497 e. The molecule has 7 heteroatoms. The van der Waals surface area contributed by atoms with Gasteiger partial charge in [0.1, 0.15) is 11.0 Å². The van der Waals surface area contributed by atoms with Gasteiger partial charge in [0.2, 0.25) is 0 Å². The van der Waals surface area contributed by atoms with Crippen molar-refractivity contribution < 1.29 is 21.6 Å². The molecule has 0 N–H and O–H groups in total. The molecule has 1 unspecified atom stereocenters. The van der Waals surface area contributed by atoms with Gasteiger partial charge in [-0.05, 0) is 35.9 Å². The maximum absolute atomic E-state index is 12.8. The number of ether oxygens (including phenoxy) is 1. The number of methoxy groups -OCH3 is 1. The summed E-state index contributed by atoms with van der Waals surface area (Å²) in [7, 11) is -5.86. The molecule has 5 nitrogen and oxygen atoms in total. The Balaban J connectivity index is 2.11. The average molecular weight is 338 g/mol. The third kappa shape index (κ3) is 2.30. The van der Waals surface area contributed by atoms with E-state index in [0.717, 1.165) is 0 Å². The second kappa shape index (κ2) is 5.10. The second-order valence-electron chi connectivity index (χ2n) is 5.03. The third-order valence-electron chi connectivity index (χ3n) is 3.73. The Bertz CT molecular complexity index is 913. The van der Waals surface area contributed by atoms with Crippen LogP contribution >= 0.6 is 0 Å². The van der Waals surface area contributed by atoms with Gasteiger partial charge in [-0.15, -0.1) is 0 Å². The zero-order valence-electron chi connectivity index (χ0n) is 11.8. The minimum atomic E-state index is -3.78. The van der Waals surface area contributed by atoms with Gasteiger partial charge in [-0.25, -0.2) is 16.8 Å². The van der Waals surface area contributed by atoms with Gasteiger partial charge in [-0.3, -0.25) is 0 Å². The molecular formula is C15H14O5S2. The predicted octanol–water partition coefficient (Wildman–Crippen LogP) is 2.00. The van der Waals surface area contributed by atoms with Gasteiger partial charge in [0, 0.05) is 0 Å². The van der Waals surface area contributed by atoms with E-state index in [-0.39, 0.29) is 9.79 Å². The van der Waals surface area contributed by atoms with E-state index in [1.807, 2.05) is 0 Å². The molecule has 0 saturated carbocycles. The van der Waals surface area contributed by atoms with Crippen LogP contribution in [0.25, 0.3) is 0 Å². The van der Waals surface area contributed by atoms with Gasteiger partial charge < -0.3 is 4.74 Å². The lowest BCUT2D eigenvalue weighted by atomic mass is 10.2. The molecule has 0 aliphatic carbocycles. The quantitative estimate of drug-likeness (QED) is 0.855. The topological polar surface area (TPSA) is 77.5 Å². The summed E-state index contributed by atoms with van der Waals surface area (Å²) in [5, 5.41) is -1.07. The first-order valence-electron chi connectivity index (χ1n) is 6.56. The molecule has 0 bridgehead atoms. The molecule has 2 aromatic rings. The van der Waals surface area contributed by atoms with Gasteiger partial charge in [0.25, 0.3) is 0 Å². The van der Waals surface area contributed by atoms with Crippen LogP contribution < -0.4 is 4.74 Å². The fourth-order valence-electron chi connectivity index (χ4n) is 2.59. The molecule has 0 amide bonds. The summed E-state index contributed by atoms with van der Waals surface area (Å²) in [6.45, 7) is 0. The Morgan fingerprint density at radius 2 is 1.68 bits per heavy atom. The molecule has 1 aliphatic rings. The van der Waals surface area contributed by atoms with Crippen LogP contribution in [-0.4, -0.2) is 29.7 Å². The Hall–Kier alpha value is -1.86. The minimum absolute atomic E-state index is 0.0882. The standard InChI is InChI=1S/C15H14O5S2/c1-20-11-6-8-12(9-7-11)22(18,19)15-10-21(16,17)14-5-3-2-4-13(14)15/h2-9,15H,10H2,1H3. The Labute approximate surface area is 129 Å². The zero-order valence-corrected chi connectivity index (χ0v) is 13.4. The van der Waals surface area contributed by atoms with Gasteiger partial charge in [0.15, 0.2) is 19.7 Å². The first kappa shape index (κ1) is 15.1. The van der Waals surface area contributed by atoms with E-state index in [1.165, 1.54) is 25.3 Å². The van der Waals surface area contributed by atoms with Crippen molar-refractivity contribution in [3.63, 3.8) is 0 Å². The monoisotopic (exact) mass is 338 g/mol. The van der Waals surface area contributed by atoms with Gasteiger partial charge >= 0.3 is 0 Å². The van der Waals surface area contributed by atoms with Crippen molar-refractivity contribution >= 4 is 19.7 Å². The van der Waals surface area contributed by atoms with Crippen LogP contribution in [0.2, 0.25) is 0 Å². The zero-order chi connectivity index (χ0) is 16.0. The summed E-state index contributed by atoms with van der Waals surface area (Å²) in [5.41, 5.74) is 0.346. The van der Waals surface area contributed by atoms with E-state index in [9.17, 15) is 16.8 Å². The maximum Gasteiger partial charge on any atom is 0.186 e. The predicted molar refractivity (Wildman–Crippen MR) is 81.4 cm³/mol. The molecular weight excluding hydrogens is 324 g/mol. The Kier molecular flexibility index (Phi) is 3.49. The van der Waals surface area contributed by atoms with Crippen LogP contribution in [0.4, 0.5) is 0 Å². The van der Waals surface area contributed by atoms with E-state index < -0.39 is 30.7 Å². The summed E-state index contributed by atoms with van der Waals surface area (Å²) in [6.07, 6.45) is 0. The van der Waals surface area contributed by atoms with Crippen molar-refractivity contribution in [1.82, 2.24) is 0 Å². The molecule has 2 aromatic carbocycles. The van der Waals surface area contributed by atoms with Crippen LogP contribution in [0.15, 0.2) is 58.3 Å². The molecule has 116 valence electrons. The smallest absolute Gasteiger partial charge is 0.186 e. The van der Waals surface area contributed by atoms with Gasteiger partial charge in [-0.1, -0.05) is 18.2 Å². The van der Waals surface area contributed by atoms with Crippen molar-refractivity contribution in [2.24, 2.45) is 0 Å². The van der Waals surface area contributed by atoms with E-state index in [4.69, 9.17) is 4.74 Å². The highest BCUT2D eigenvalue weighted by Gasteiger charge is 2.42. The van der Waals surface area contributed by atoms with E-state index >= 15 is 0 Å². The molecule has 1 heterocycles. The van der Waals surface area contributed by atoms with Crippen LogP contribution in [0.3, 0.4) is 0 Å². The fraction of sp³-hybridized carbons (Fsp3) is 0.200. The molecule has 22 heavy (non-hydrogen) atoms. The van der Waals surface area contributed by atoms with Crippen molar-refractivity contribution in [3.8, 4) is 5.75 Å². The normalized spacial score (nSPS) is 19.6. The summed E-state index contributed by atoms with van der Waals surface area (Å²) in [5.74, 6) is 0.124. The van der Waals surface area contributed by atoms with E-state index in [0.29, 0.717) is 11.3 Å². The van der Waals surface area contributed by atoms with Gasteiger partial charge in [-0.2, -0.15) is 0 Å². The molecule has 0 aromatic heterocycles. The molecule has 1 atom stereocenters. The van der Waals surface area contributed by atoms with Crippen molar-refractivity contribution in [2.45, 2.75) is 15.0 Å². The summed E-state index contributed by atoms with van der Waals surface area (Å²) in [4.78, 5) is 0.197. The van der Waals surface area contributed by atoms with Crippen LogP contribution in [-0.2, 0) is 19.7 Å². The molecule has 3 rings (SSSR count). The Morgan fingerprint density at radius 3 is 2.32 bits per heavy atom. The van der Waals surface area contributed by atoms with Crippen molar-refractivity contribution in [1.29, 1.82) is 0 Å². The van der Waals surface area contributed by atoms with Crippen LogP contribution in [0.5, 0.6) is 5.75 Å². The highest BCUT2D eigenvalue weighted by atomic mass is 32.2. The fourth-order valence-corrected chi connectivity index (χ4v) is 6.92. The first-order valence-corrected chi connectivity index (χ1v) is 9.76. The lowest BCUT2D eigenvalue weighted by Crippen LogP contribution is -2.15. The summed E-state index contributed by atoms with van der Waals surface area (Å²) < 4.78 is 54.9. The van der Waals surface area contributed by atoms with E-state index in [2.05, 4.69) is 0 Å². The number of hydrogen-bond acceptors (Lipinski definition) is 5. The van der Waals surface area contributed by atoms with E-state index in [1.54, 1.807) is 30.3 Å². The first-order chi connectivity index (χ1) is 10.4. The number of rotatable bonds is 3. The molecule has 0 saturated heterocycles. The number of benzene rings is 2. The third-order valence-corrected chi connectivity index (χ3v) is 7.86. The summed E-state index contributed by atoms with van der Waals surface area (Å²) in [6, 6.07) is 12.2. The van der Waals surface area contributed by atoms with Crippen LogP contribution in [0.1, 0.15) is 10.8 Å². The molecule has 0 spiro atoms. The van der Waals surface area contributed by atoms with Crippen molar-refractivity contribution in [2.75, 3.05) is 12.9 Å².